The van der Waals surface area contributed by atoms with Crippen molar-refractivity contribution in [3.05, 3.63) is 206 Å². The van der Waals surface area contributed by atoms with E-state index in [1.807, 2.05) is 24.3 Å². The second-order valence-corrected chi connectivity index (χ2v) is 15.2. The van der Waals surface area contributed by atoms with Crippen molar-refractivity contribution in [3.63, 3.8) is 0 Å². The molecule has 0 aliphatic carbocycles. The number of rotatable bonds is 5. The third-order valence-electron chi connectivity index (χ3n) is 11.9. The van der Waals surface area contributed by atoms with Gasteiger partial charge in [-0.2, -0.15) is 0 Å². The third-order valence-corrected chi connectivity index (χ3v) is 11.9. The van der Waals surface area contributed by atoms with Crippen molar-refractivity contribution in [2.75, 3.05) is 0 Å². The molecule has 0 saturated heterocycles. The van der Waals surface area contributed by atoms with E-state index >= 15 is 0 Å². The highest BCUT2D eigenvalue weighted by atomic mass is 16.3. The summed E-state index contributed by atoms with van der Waals surface area (Å²) in [5, 5.41) is 9.31. The fourth-order valence-corrected chi connectivity index (χ4v) is 9.18. The van der Waals surface area contributed by atoms with Crippen LogP contribution < -0.4 is 0 Å². The van der Waals surface area contributed by atoms with Crippen molar-refractivity contribution < 1.29 is 8.83 Å². The van der Waals surface area contributed by atoms with Crippen LogP contribution in [0.4, 0.5) is 0 Å². The average Bonchev–Trinajstić information content (AvgIpc) is 3.86. The number of para-hydroxylation sites is 2. The molecule has 0 fully saturated rings. The van der Waals surface area contributed by atoms with Gasteiger partial charge in [-0.05, 0) is 126 Å². The summed E-state index contributed by atoms with van der Waals surface area (Å²) >= 11 is 0. The maximum Gasteiger partial charge on any atom is 0.135 e. The van der Waals surface area contributed by atoms with Crippen LogP contribution in [0.2, 0.25) is 0 Å². The number of furan rings is 2. The van der Waals surface area contributed by atoms with E-state index in [-0.39, 0.29) is 0 Å². The molecular weight excluding hydrogens is 705 g/mol. The van der Waals surface area contributed by atoms with E-state index in [0.29, 0.717) is 0 Å². The standard InChI is InChI=1S/C56H34O2/c1-3-13-35(14-4-1)37-25-28-46(47(31-37)36-15-5-2-6-16-36)56-44-21-11-19-40(38-26-29-54-50(32-38)42-17-7-9-23-52(42)57-54)48(44)34-49-41(20-12-22-45(49)56)39-27-30-55-51(33-39)43-18-8-10-24-53(43)58-55/h1-34H. The van der Waals surface area contributed by atoms with Gasteiger partial charge in [-0.15, -0.1) is 0 Å². The highest BCUT2D eigenvalue weighted by Gasteiger charge is 2.20. The fourth-order valence-electron chi connectivity index (χ4n) is 9.18. The lowest BCUT2D eigenvalue weighted by molar-refractivity contribution is 0.668. The Bertz CT molecular complexity index is 3380. The molecule has 58 heavy (non-hydrogen) atoms. The third kappa shape index (κ3) is 5.12. The number of hydrogen-bond donors (Lipinski definition) is 0. The van der Waals surface area contributed by atoms with Gasteiger partial charge < -0.3 is 8.83 Å². The van der Waals surface area contributed by atoms with E-state index in [1.54, 1.807) is 0 Å². The average molecular weight is 739 g/mol. The molecule has 0 aliphatic heterocycles. The second-order valence-electron chi connectivity index (χ2n) is 15.2. The summed E-state index contributed by atoms with van der Waals surface area (Å²) in [6.07, 6.45) is 0. The summed E-state index contributed by atoms with van der Waals surface area (Å²) in [4.78, 5) is 0. The lowest BCUT2D eigenvalue weighted by atomic mass is 9.83. The Balaban J connectivity index is 1.18. The molecule has 0 unspecified atom stereocenters. The van der Waals surface area contributed by atoms with E-state index in [2.05, 4.69) is 182 Å². The van der Waals surface area contributed by atoms with Gasteiger partial charge in [0.05, 0.1) is 0 Å². The van der Waals surface area contributed by atoms with Crippen LogP contribution in [0.1, 0.15) is 0 Å². The van der Waals surface area contributed by atoms with E-state index in [4.69, 9.17) is 8.83 Å². The lowest BCUT2D eigenvalue weighted by Crippen LogP contribution is -1.93. The lowest BCUT2D eigenvalue weighted by Gasteiger charge is -2.20. The quantitative estimate of drug-likeness (QED) is 0.164. The van der Waals surface area contributed by atoms with Crippen molar-refractivity contribution in [3.8, 4) is 55.6 Å². The molecule has 0 N–H and O–H groups in total. The molecule has 2 nitrogen and oxygen atoms in total. The topological polar surface area (TPSA) is 26.3 Å². The van der Waals surface area contributed by atoms with Gasteiger partial charge >= 0.3 is 0 Å². The molecule has 0 bridgehead atoms. The smallest absolute Gasteiger partial charge is 0.135 e. The van der Waals surface area contributed by atoms with Crippen LogP contribution in [0.5, 0.6) is 0 Å². The minimum Gasteiger partial charge on any atom is -0.456 e. The van der Waals surface area contributed by atoms with Gasteiger partial charge in [0.15, 0.2) is 0 Å². The molecule has 0 spiro atoms. The van der Waals surface area contributed by atoms with Crippen molar-refractivity contribution in [2.24, 2.45) is 0 Å². The van der Waals surface area contributed by atoms with Gasteiger partial charge in [0.2, 0.25) is 0 Å². The highest BCUT2D eigenvalue weighted by Crippen LogP contribution is 2.47. The Hall–Kier alpha value is -7.68. The highest BCUT2D eigenvalue weighted by molar-refractivity contribution is 6.21. The van der Waals surface area contributed by atoms with Crippen LogP contribution in [0.25, 0.3) is 121 Å². The van der Waals surface area contributed by atoms with Crippen LogP contribution in [-0.4, -0.2) is 0 Å². The Morgan fingerprint density at radius 2 is 0.672 bits per heavy atom. The number of hydrogen-bond acceptors (Lipinski definition) is 2. The zero-order valence-electron chi connectivity index (χ0n) is 31.4. The molecule has 0 radical (unpaired) electrons. The molecule has 2 aromatic heterocycles. The van der Waals surface area contributed by atoms with Crippen molar-refractivity contribution in [1.29, 1.82) is 0 Å². The molecule has 2 heterocycles. The molecule has 10 aromatic carbocycles. The zero-order valence-corrected chi connectivity index (χ0v) is 31.4. The van der Waals surface area contributed by atoms with Gasteiger partial charge in [-0.1, -0.05) is 158 Å². The predicted octanol–water partition coefficient (Wildman–Crippen LogP) is 16.1. The van der Waals surface area contributed by atoms with Crippen LogP contribution >= 0.6 is 0 Å². The monoisotopic (exact) mass is 738 g/mol. The van der Waals surface area contributed by atoms with Gasteiger partial charge in [0, 0.05) is 21.5 Å². The summed E-state index contributed by atoms with van der Waals surface area (Å²) in [5.74, 6) is 0. The maximum atomic E-state index is 6.27. The first-order valence-electron chi connectivity index (χ1n) is 19.8. The first-order valence-corrected chi connectivity index (χ1v) is 19.8. The molecule has 0 atom stereocenters. The van der Waals surface area contributed by atoms with E-state index in [1.165, 1.54) is 66.1 Å². The molecule has 12 aromatic rings. The first kappa shape index (κ1) is 32.6. The van der Waals surface area contributed by atoms with Crippen molar-refractivity contribution >= 4 is 65.4 Å². The number of benzene rings is 10. The zero-order chi connectivity index (χ0) is 38.2. The minimum absolute atomic E-state index is 0.895. The Kier molecular flexibility index (Phi) is 7.26. The first-order chi connectivity index (χ1) is 28.7. The fraction of sp³-hybridized carbons (Fsp3) is 0. The van der Waals surface area contributed by atoms with Crippen LogP contribution in [-0.2, 0) is 0 Å². The van der Waals surface area contributed by atoms with Gasteiger partial charge in [-0.3, -0.25) is 0 Å². The molecule has 12 rings (SSSR count). The molecular formula is C56H34O2. The van der Waals surface area contributed by atoms with Gasteiger partial charge in [-0.25, -0.2) is 0 Å². The predicted molar refractivity (Wildman–Crippen MR) is 243 cm³/mol. The maximum absolute atomic E-state index is 6.27. The van der Waals surface area contributed by atoms with Crippen LogP contribution in [0.3, 0.4) is 0 Å². The summed E-state index contributed by atoms with van der Waals surface area (Å²) < 4.78 is 12.5. The molecule has 0 amide bonds. The summed E-state index contributed by atoms with van der Waals surface area (Å²) in [5.41, 5.74) is 15.5. The van der Waals surface area contributed by atoms with E-state index in [0.717, 1.165) is 55.0 Å². The van der Waals surface area contributed by atoms with Crippen LogP contribution in [0.15, 0.2) is 215 Å². The normalized spacial score (nSPS) is 11.8. The molecule has 2 heteroatoms. The summed E-state index contributed by atoms with van der Waals surface area (Å²) in [6, 6.07) is 74.4. The Morgan fingerprint density at radius 3 is 1.24 bits per heavy atom. The van der Waals surface area contributed by atoms with Gasteiger partial charge in [0.1, 0.15) is 22.3 Å². The van der Waals surface area contributed by atoms with Crippen molar-refractivity contribution in [1.82, 2.24) is 0 Å². The molecule has 270 valence electrons. The number of fused-ring (bicyclic) bond motifs is 8. The van der Waals surface area contributed by atoms with E-state index < -0.39 is 0 Å². The summed E-state index contributed by atoms with van der Waals surface area (Å²) in [7, 11) is 0. The summed E-state index contributed by atoms with van der Waals surface area (Å²) in [6.45, 7) is 0. The SMILES string of the molecule is c1ccc(-c2ccc(-c3c4cccc(-c5ccc6oc7ccccc7c6c5)c4cc4c(-c5ccc6oc7ccccc7c6c5)cccc34)c(-c3ccccc3)c2)cc1. The largest absolute Gasteiger partial charge is 0.456 e. The van der Waals surface area contributed by atoms with Crippen LogP contribution in [0, 0.1) is 0 Å². The molecule has 0 aliphatic rings. The second kappa shape index (κ2) is 12.9. The Labute approximate surface area is 334 Å². The van der Waals surface area contributed by atoms with E-state index in [9.17, 15) is 0 Å². The molecule has 0 saturated carbocycles. The Morgan fingerprint density at radius 1 is 0.207 bits per heavy atom. The minimum atomic E-state index is 0.895. The van der Waals surface area contributed by atoms with Gasteiger partial charge in [0.25, 0.3) is 0 Å². The van der Waals surface area contributed by atoms with Crippen molar-refractivity contribution in [2.45, 2.75) is 0 Å².